The molecule has 3 aromatic rings. The normalized spacial score (nSPS) is 14.7. The molecule has 1 aromatic carbocycles. The predicted octanol–water partition coefficient (Wildman–Crippen LogP) is 1.27. The van der Waals surface area contributed by atoms with Gasteiger partial charge in [0.1, 0.15) is 0 Å². The topological polar surface area (TPSA) is 87.4 Å². The Kier molecular flexibility index (Phi) is 5.04. The monoisotopic (exact) mass is 430 g/mol. The SMILES string of the molecule is O=c1c2ccc(N3CCN(c4ncc(Br)cn4)CC3)cc2ncn1CCO. The Morgan fingerprint density at radius 3 is 2.44 bits per heavy atom. The first-order valence-electron chi connectivity index (χ1n) is 8.73. The van der Waals surface area contributed by atoms with Gasteiger partial charge < -0.3 is 14.9 Å². The molecule has 0 aliphatic carbocycles. The van der Waals surface area contributed by atoms with Gasteiger partial charge in [-0.25, -0.2) is 15.0 Å². The molecule has 1 aliphatic rings. The van der Waals surface area contributed by atoms with E-state index in [1.54, 1.807) is 12.4 Å². The van der Waals surface area contributed by atoms with Gasteiger partial charge in [0, 0.05) is 44.3 Å². The highest BCUT2D eigenvalue weighted by Crippen LogP contribution is 2.21. The van der Waals surface area contributed by atoms with Crippen molar-refractivity contribution in [3.8, 4) is 0 Å². The van der Waals surface area contributed by atoms with Crippen LogP contribution < -0.4 is 15.4 Å². The summed E-state index contributed by atoms with van der Waals surface area (Å²) in [4.78, 5) is 29.9. The molecule has 0 atom stereocenters. The second-order valence-corrected chi connectivity index (χ2v) is 7.26. The second kappa shape index (κ2) is 7.61. The number of hydrogen-bond donors (Lipinski definition) is 1. The lowest BCUT2D eigenvalue weighted by Gasteiger charge is -2.36. The highest BCUT2D eigenvalue weighted by atomic mass is 79.9. The Bertz CT molecular complexity index is 999. The summed E-state index contributed by atoms with van der Waals surface area (Å²) in [6.07, 6.45) is 5.01. The summed E-state index contributed by atoms with van der Waals surface area (Å²) in [6.45, 7) is 3.50. The quantitative estimate of drug-likeness (QED) is 0.666. The van der Waals surface area contributed by atoms with E-state index < -0.39 is 0 Å². The lowest BCUT2D eigenvalue weighted by Crippen LogP contribution is -2.47. The van der Waals surface area contributed by atoms with Crippen LogP contribution >= 0.6 is 15.9 Å². The number of aliphatic hydroxyl groups excluding tert-OH is 1. The fourth-order valence-electron chi connectivity index (χ4n) is 3.24. The summed E-state index contributed by atoms with van der Waals surface area (Å²) in [5, 5.41) is 9.60. The largest absolute Gasteiger partial charge is 0.395 e. The number of nitrogens with zero attached hydrogens (tertiary/aromatic N) is 6. The molecule has 27 heavy (non-hydrogen) atoms. The van der Waals surface area contributed by atoms with Crippen molar-refractivity contribution >= 4 is 38.5 Å². The van der Waals surface area contributed by atoms with Crippen LogP contribution in [0.4, 0.5) is 11.6 Å². The molecule has 9 heteroatoms. The minimum atomic E-state index is -0.127. The van der Waals surface area contributed by atoms with E-state index in [0.29, 0.717) is 10.9 Å². The van der Waals surface area contributed by atoms with Crippen molar-refractivity contribution in [2.45, 2.75) is 6.54 Å². The number of rotatable bonds is 4. The molecule has 2 aromatic heterocycles. The summed E-state index contributed by atoms with van der Waals surface area (Å²) in [6, 6.07) is 5.73. The number of aromatic nitrogens is 4. The van der Waals surface area contributed by atoms with Crippen LogP contribution in [0, 0.1) is 0 Å². The summed E-state index contributed by atoms with van der Waals surface area (Å²) in [5.41, 5.74) is 1.59. The Morgan fingerprint density at radius 2 is 1.74 bits per heavy atom. The molecule has 0 amide bonds. The van der Waals surface area contributed by atoms with Crippen LogP contribution in [-0.2, 0) is 6.54 Å². The van der Waals surface area contributed by atoms with E-state index in [-0.39, 0.29) is 18.7 Å². The van der Waals surface area contributed by atoms with Crippen LogP contribution in [0.25, 0.3) is 10.9 Å². The first-order valence-corrected chi connectivity index (χ1v) is 9.52. The van der Waals surface area contributed by atoms with Gasteiger partial charge in [0.2, 0.25) is 5.95 Å². The Balaban J connectivity index is 1.51. The standard InChI is InChI=1S/C18H19BrN6O2/c19-13-10-20-18(21-11-13)24-5-3-23(4-6-24)14-1-2-15-16(9-14)22-12-25(7-8-26)17(15)27/h1-2,9-12,26H,3-8H2. The van der Waals surface area contributed by atoms with Crippen molar-refractivity contribution in [1.29, 1.82) is 0 Å². The van der Waals surface area contributed by atoms with E-state index in [9.17, 15) is 4.79 Å². The zero-order valence-corrected chi connectivity index (χ0v) is 16.2. The van der Waals surface area contributed by atoms with Gasteiger partial charge in [-0.15, -0.1) is 0 Å². The maximum atomic E-state index is 12.4. The number of anilines is 2. The van der Waals surface area contributed by atoms with E-state index in [1.807, 2.05) is 18.2 Å². The van der Waals surface area contributed by atoms with Gasteiger partial charge in [-0.3, -0.25) is 9.36 Å². The van der Waals surface area contributed by atoms with E-state index >= 15 is 0 Å². The molecule has 0 saturated carbocycles. The molecule has 1 N–H and O–H groups in total. The zero-order valence-electron chi connectivity index (χ0n) is 14.6. The maximum absolute atomic E-state index is 12.4. The van der Waals surface area contributed by atoms with E-state index in [0.717, 1.165) is 42.3 Å². The minimum absolute atomic E-state index is 0.0858. The molecule has 0 spiro atoms. The Morgan fingerprint density at radius 1 is 1.04 bits per heavy atom. The molecule has 1 fully saturated rings. The Hall–Kier alpha value is -2.52. The third kappa shape index (κ3) is 3.65. The summed E-state index contributed by atoms with van der Waals surface area (Å²) in [7, 11) is 0. The molecular formula is C18H19BrN6O2. The van der Waals surface area contributed by atoms with E-state index in [2.05, 4.69) is 40.7 Å². The van der Waals surface area contributed by atoms with E-state index in [4.69, 9.17) is 5.11 Å². The third-order valence-corrected chi connectivity index (χ3v) is 5.09. The minimum Gasteiger partial charge on any atom is -0.395 e. The molecule has 0 bridgehead atoms. The number of aliphatic hydroxyl groups is 1. The van der Waals surface area contributed by atoms with Crippen molar-refractivity contribution in [1.82, 2.24) is 19.5 Å². The molecule has 1 aliphatic heterocycles. The van der Waals surface area contributed by atoms with Crippen LogP contribution in [0.2, 0.25) is 0 Å². The van der Waals surface area contributed by atoms with Crippen molar-refractivity contribution in [2.75, 3.05) is 42.6 Å². The Labute approximate surface area is 164 Å². The van der Waals surface area contributed by atoms with E-state index in [1.165, 1.54) is 10.9 Å². The van der Waals surface area contributed by atoms with Gasteiger partial charge in [0.15, 0.2) is 0 Å². The van der Waals surface area contributed by atoms with Crippen molar-refractivity contribution in [2.24, 2.45) is 0 Å². The average Bonchev–Trinajstić information content (AvgIpc) is 2.71. The zero-order chi connectivity index (χ0) is 18.8. The maximum Gasteiger partial charge on any atom is 0.261 e. The molecule has 3 heterocycles. The third-order valence-electron chi connectivity index (χ3n) is 4.68. The lowest BCUT2D eigenvalue weighted by molar-refractivity contribution is 0.274. The number of benzene rings is 1. The lowest BCUT2D eigenvalue weighted by atomic mass is 10.2. The van der Waals surface area contributed by atoms with Crippen LogP contribution in [-0.4, -0.2) is 57.4 Å². The van der Waals surface area contributed by atoms with Gasteiger partial charge in [-0.1, -0.05) is 0 Å². The van der Waals surface area contributed by atoms with Gasteiger partial charge in [-0.05, 0) is 34.1 Å². The molecule has 4 rings (SSSR count). The molecule has 0 radical (unpaired) electrons. The molecule has 140 valence electrons. The highest BCUT2D eigenvalue weighted by Gasteiger charge is 2.19. The van der Waals surface area contributed by atoms with Crippen LogP contribution in [0.5, 0.6) is 0 Å². The predicted molar refractivity (Wildman–Crippen MR) is 107 cm³/mol. The van der Waals surface area contributed by atoms with Crippen LogP contribution in [0.15, 0.2) is 46.2 Å². The number of halogens is 1. The fourth-order valence-corrected chi connectivity index (χ4v) is 3.45. The second-order valence-electron chi connectivity index (χ2n) is 6.34. The molecule has 8 nitrogen and oxygen atoms in total. The summed E-state index contributed by atoms with van der Waals surface area (Å²) >= 11 is 3.35. The highest BCUT2D eigenvalue weighted by molar-refractivity contribution is 9.10. The number of piperazine rings is 1. The van der Waals surface area contributed by atoms with Crippen LogP contribution in [0.1, 0.15) is 0 Å². The van der Waals surface area contributed by atoms with Crippen molar-refractivity contribution < 1.29 is 5.11 Å². The first-order chi connectivity index (χ1) is 13.2. The first kappa shape index (κ1) is 17.9. The fraction of sp³-hybridized carbons (Fsp3) is 0.333. The molecular weight excluding hydrogens is 412 g/mol. The molecule has 0 unspecified atom stereocenters. The number of hydrogen-bond acceptors (Lipinski definition) is 7. The molecule has 1 saturated heterocycles. The average molecular weight is 431 g/mol. The number of fused-ring (bicyclic) bond motifs is 1. The van der Waals surface area contributed by atoms with Gasteiger partial charge in [0.25, 0.3) is 5.56 Å². The van der Waals surface area contributed by atoms with Gasteiger partial charge in [-0.2, -0.15) is 0 Å². The summed E-state index contributed by atoms with van der Waals surface area (Å²) in [5.74, 6) is 0.738. The smallest absolute Gasteiger partial charge is 0.261 e. The van der Waals surface area contributed by atoms with Gasteiger partial charge in [0.05, 0.1) is 34.9 Å². The van der Waals surface area contributed by atoms with Gasteiger partial charge >= 0.3 is 0 Å². The summed E-state index contributed by atoms with van der Waals surface area (Å²) < 4.78 is 2.30. The van der Waals surface area contributed by atoms with Crippen molar-refractivity contribution in [3.63, 3.8) is 0 Å². The van der Waals surface area contributed by atoms with Crippen molar-refractivity contribution in [3.05, 3.63) is 51.7 Å². The van der Waals surface area contributed by atoms with Crippen LogP contribution in [0.3, 0.4) is 0 Å².